The van der Waals surface area contributed by atoms with Gasteiger partial charge in [0.2, 0.25) is 0 Å². The number of rotatable bonds is 8. The van der Waals surface area contributed by atoms with E-state index < -0.39 is 0 Å². The van der Waals surface area contributed by atoms with Crippen molar-refractivity contribution < 1.29 is 14.3 Å². The number of amides is 1. The zero-order chi connectivity index (χ0) is 19.8. The monoisotopic (exact) mass is 398 g/mol. The smallest absolute Gasteiger partial charge is 0.263 e. The Kier molecular flexibility index (Phi) is 6.64. The number of carbonyl (C=O) groups excluding carboxylic acids is 1. The van der Waals surface area contributed by atoms with Crippen molar-refractivity contribution in [2.24, 2.45) is 0 Å². The maximum absolute atomic E-state index is 12.0. The largest absolute Gasteiger partial charge is 0.493 e. The van der Waals surface area contributed by atoms with Gasteiger partial charge in [0.1, 0.15) is 5.82 Å². The van der Waals surface area contributed by atoms with E-state index in [0.717, 1.165) is 5.56 Å². The summed E-state index contributed by atoms with van der Waals surface area (Å²) in [4.78, 5) is 12.0. The molecule has 0 unspecified atom stereocenters. The predicted molar refractivity (Wildman–Crippen MR) is 108 cm³/mol. The number of aromatic nitrogens is 2. The second-order valence-electron chi connectivity index (χ2n) is 5.77. The number of ether oxygens (including phenoxy) is 2. The summed E-state index contributed by atoms with van der Waals surface area (Å²) in [6.45, 7) is 0.420. The van der Waals surface area contributed by atoms with Gasteiger partial charge in [-0.05, 0) is 42.0 Å². The highest BCUT2D eigenvalue weighted by Gasteiger charge is 2.08. The molecule has 0 saturated carbocycles. The number of methoxy groups -OCH3 is 1. The molecule has 2 N–H and O–H groups in total. The first-order valence-electron chi connectivity index (χ1n) is 8.52. The first-order chi connectivity index (χ1) is 13.6. The molecular formula is C20H19ClN4O3. The maximum atomic E-state index is 12.0. The molecule has 0 radical (unpaired) electrons. The molecule has 0 fully saturated rings. The Bertz CT molecular complexity index is 917. The highest BCUT2D eigenvalue weighted by atomic mass is 35.5. The lowest BCUT2D eigenvalue weighted by molar-refractivity contribution is -0.118. The third-order valence-corrected chi connectivity index (χ3v) is 4.00. The van der Waals surface area contributed by atoms with Crippen LogP contribution >= 0.6 is 11.6 Å². The molecule has 0 spiro atoms. The zero-order valence-electron chi connectivity index (χ0n) is 15.2. The van der Waals surface area contributed by atoms with Crippen LogP contribution in [-0.2, 0) is 11.3 Å². The Morgan fingerprint density at radius 2 is 1.64 bits per heavy atom. The highest BCUT2D eigenvalue weighted by Crippen LogP contribution is 2.25. The van der Waals surface area contributed by atoms with Gasteiger partial charge in [-0.15, -0.1) is 10.2 Å². The summed E-state index contributed by atoms with van der Waals surface area (Å²) >= 11 is 5.87. The number of nitrogens with one attached hydrogen (secondary N) is 2. The molecule has 8 heteroatoms. The van der Waals surface area contributed by atoms with E-state index in [2.05, 4.69) is 20.8 Å². The molecule has 0 saturated heterocycles. The fourth-order valence-corrected chi connectivity index (χ4v) is 2.47. The normalized spacial score (nSPS) is 10.2. The molecule has 1 amide bonds. The number of para-hydroxylation sites is 2. The van der Waals surface area contributed by atoms with Gasteiger partial charge in [-0.25, -0.2) is 0 Å². The van der Waals surface area contributed by atoms with Crippen LogP contribution in [0.2, 0.25) is 5.02 Å². The van der Waals surface area contributed by atoms with Crippen LogP contribution < -0.4 is 20.1 Å². The average molecular weight is 399 g/mol. The Morgan fingerprint density at radius 1 is 0.964 bits per heavy atom. The standard InChI is InChI=1S/C20H19ClN4O3/c1-27-16-4-2-3-5-17(16)28-13-20(26)23-19-11-10-18(24-25-19)22-12-14-6-8-15(21)9-7-14/h2-11H,12-13H2,1H3,(H,22,24)(H,23,25,26). The van der Waals surface area contributed by atoms with Crippen LogP contribution in [0.5, 0.6) is 11.5 Å². The van der Waals surface area contributed by atoms with Crippen molar-refractivity contribution in [1.29, 1.82) is 0 Å². The van der Waals surface area contributed by atoms with Crippen LogP contribution in [0.1, 0.15) is 5.56 Å². The second kappa shape index (κ2) is 9.57. The van der Waals surface area contributed by atoms with Crippen molar-refractivity contribution in [3.63, 3.8) is 0 Å². The first-order valence-corrected chi connectivity index (χ1v) is 8.89. The summed E-state index contributed by atoms with van der Waals surface area (Å²) in [6.07, 6.45) is 0. The molecule has 0 aliphatic rings. The topological polar surface area (TPSA) is 85.4 Å². The molecule has 0 bridgehead atoms. The fraction of sp³-hybridized carbons (Fsp3) is 0.150. The second-order valence-corrected chi connectivity index (χ2v) is 6.21. The van der Waals surface area contributed by atoms with E-state index in [4.69, 9.17) is 21.1 Å². The van der Waals surface area contributed by atoms with Gasteiger partial charge in [-0.3, -0.25) is 4.79 Å². The number of hydrogen-bond acceptors (Lipinski definition) is 6. The lowest BCUT2D eigenvalue weighted by Crippen LogP contribution is -2.21. The summed E-state index contributed by atoms with van der Waals surface area (Å²) in [7, 11) is 1.54. The van der Waals surface area contributed by atoms with Crippen molar-refractivity contribution in [1.82, 2.24) is 10.2 Å². The minimum atomic E-state index is -0.345. The van der Waals surface area contributed by atoms with Gasteiger partial charge in [0.25, 0.3) is 5.91 Å². The van der Waals surface area contributed by atoms with E-state index in [1.54, 1.807) is 37.4 Å². The van der Waals surface area contributed by atoms with E-state index >= 15 is 0 Å². The predicted octanol–water partition coefficient (Wildman–Crippen LogP) is 3.77. The molecule has 0 atom stereocenters. The van der Waals surface area contributed by atoms with Gasteiger partial charge >= 0.3 is 0 Å². The van der Waals surface area contributed by atoms with Gasteiger partial charge in [-0.2, -0.15) is 0 Å². The minimum absolute atomic E-state index is 0.168. The maximum Gasteiger partial charge on any atom is 0.263 e. The van der Waals surface area contributed by atoms with E-state index in [0.29, 0.717) is 34.7 Å². The Labute approximate surface area is 167 Å². The fourth-order valence-electron chi connectivity index (χ4n) is 2.35. The van der Waals surface area contributed by atoms with Crippen LogP contribution in [-0.4, -0.2) is 29.8 Å². The molecule has 28 heavy (non-hydrogen) atoms. The van der Waals surface area contributed by atoms with Crippen molar-refractivity contribution in [2.45, 2.75) is 6.54 Å². The number of halogens is 1. The third-order valence-electron chi connectivity index (χ3n) is 3.75. The summed E-state index contributed by atoms with van der Waals surface area (Å²) in [5.41, 5.74) is 1.07. The van der Waals surface area contributed by atoms with Crippen LogP contribution in [0.15, 0.2) is 60.7 Å². The van der Waals surface area contributed by atoms with Gasteiger partial charge in [0.05, 0.1) is 7.11 Å². The van der Waals surface area contributed by atoms with Gasteiger partial charge in [-0.1, -0.05) is 35.9 Å². The number of anilines is 2. The van der Waals surface area contributed by atoms with Crippen LogP contribution in [0.25, 0.3) is 0 Å². The molecule has 2 aromatic carbocycles. The molecule has 144 valence electrons. The number of benzene rings is 2. The number of nitrogens with zero attached hydrogens (tertiary/aromatic N) is 2. The average Bonchev–Trinajstić information content (AvgIpc) is 2.73. The molecule has 1 heterocycles. The summed E-state index contributed by atoms with van der Waals surface area (Å²) < 4.78 is 10.7. The summed E-state index contributed by atoms with van der Waals surface area (Å²) in [6, 6.07) is 18.0. The summed E-state index contributed by atoms with van der Waals surface area (Å²) in [5.74, 6) is 1.64. The highest BCUT2D eigenvalue weighted by molar-refractivity contribution is 6.30. The van der Waals surface area contributed by atoms with E-state index in [-0.39, 0.29) is 12.5 Å². The van der Waals surface area contributed by atoms with Crippen molar-refractivity contribution in [3.8, 4) is 11.5 Å². The van der Waals surface area contributed by atoms with Gasteiger partial charge in [0.15, 0.2) is 23.9 Å². The molecule has 3 rings (SSSR count). The number of carbonyl (C=O) groups is 1. The summed E-state index contributed by atoms with van der Waals surface area (Å²) in [5, 5.41) is 14.5. The van der Waals surface area contributed by atoms with Crippen molar-refractivity contribution in [3.05, 3.63) is 71.2 Å². The Balaban J connectivity index is 1.48. The van der Waals surface area contributed by atoms with Gasteiger partial charge < -0.3 is 20.1 Å². The molecule has 1 aromatic heterocycles. The number of hydrogen-bond donors (Lipinski definition) is 2. The lowest BCUT2D eigenvalue weighted by Gasteiger charge is -2.10. The van der Waals surface area contributed by atoms with E-state index in [1.165, 1.54) is 0 Å². The van der Waals surface area contributed by atoms with Crippen LogP contribution in [0, 0.1) is 0 Å². The third kappa shape index (κ3) is 5.59. The zero-order valence-corrected chi connectivity index (χ0v) is 15.9. The Hall–Kier alpha value is -3.32. The van der Waals surface area contributed by atoms with E-state index in [1.807, 2.05) is 30.3 Å². The molecule has 3 aromatic rings. The molecule has 0 aliphatic carbocycles. The molecule has 0 aliphatic heterocycles. The minimum Gasteiger partial charge on any atom is -0.493 e. The van der Waals surface area contributed by atoms with Crippen LogP contribution in [0.4, 0.5) is 11.6 Å². The molecule has 7 nitrogen and oxygen atoms in total. The van der Waals surface area contributed by atoms with Gasteiger partial charge in [0, 0.05) is 11.6 Å². The molecular weight excluding hydrogens is 380 g/mol. The Morgan fingerprint density at radius 3 is 2.32 bits per heavy atom. The van der Waals surface area contributed by atoms with Crippen molar-refractivity contribution in [2.75, 3.05) is 24.4 Å². The van der Waals surface area contributed by atoms with Crippen molar-refractivity contribution >= 4 is 29.1 Å². The van der Waals surface area contributed by atoms with E-state index in [9.17, 15) is 4.79 Å². The SMILES string of the molecule is COc1ccccc1OCC(=O)Nc1ccc(NCc2ccc(Cl)cc2)nn1. The lowest BCUT2D eigenvalue weighted by atomic mass is 10.2. The quantitative estimate of drug-likeness (QED) is 0.600. The van der Waals surface area contributed by atoms with Crippen LogP contribution in [0.3, 0.4) is 0 Å². The first kappa shape index (κ1) is 19.4.